The van der Waals surface area contributed by atoms with Crippen molar-refractivity contribution in [1.82, 2.24) is 20.0 Å². The Morgan fingerprint density at radius 3 is 2.38 bits per heavy atom. The summed E-state index contributed by atoms with van der Waals surface area (Å²) in [6, 6.07) is 19.0. The van der Waals surface area contributed by atoms with Crippen LogP contribution in [0.1, 0.15) is 56.8 Å². The van der Waals surface area contributed by atoms with Crippen LogP contribution in [0.25, 0.3) is 0 Å². The van der Waals surface area contributed by atoms with Crippen molar-refractivity contribution in [1.29, 1.82) is 0 Å². The highest BCUT2D eigenvalue weighted by Crippen LogP contribution is 2.45. The summed E-state index contributed by atoms with van der Waals surface area (Å²) in [5.74, 6) is -0.952. The molecule has 232 valence electrons. The van der Waals surface area contributed by atoms with Gasteiger partial charge in [-0.05, 0) is 61.4 Å². The fraction of sp³-hybridized carbons (Fsp3) is 0.273. The second kappa shape index (κ2) is 11.8. The summed E-state index contributed by atoms with van der Waals surface area (Å²) in [5, 5.41) is 7.32. The Labute approximate surface area is 265 Å². The normalized spacial score (nSPS) is 19.6. The first-order valence-corrected chi connectivity index (χ1v) is 15.2. The van der Waals surface area contributed by atoms with E-state index >= 15 is 0 Å². The molecule has 1 aromatic heterocycles. The lowest BCUT2D eigenvalue weighted by Crippen LogP contribution is -2.56. The van der Waals surface area contributed by atoms with E-state index in [1.54, 1.807) is 54.0 Å². The Morgan fingerprint density at radius 1 is 1.02 bits per heavy atom. The third-order valence-corrected chi connectivity index (χ3v) is 9.20. The van der Waals surface area contributed by atoms with Gasteiger partial charge in [-0.3, -0.25) is 19.3 Å². The monoisotopic (exact) mass is 679 g/mol. The maximum absolute atomic E-state index is 14.4. The van der Waals surface area contributed by atoms with Crippen LogP contribution in [0.5, 0.6) is 0 Å². The maximum atomic E-state index is 14.4. The highest BCUT2D eigenvalue weighted by Gasteiger charge is 2.48. The summed E-state index contributed by atoms with van der Waals surface area (Å²) >= 11 is 2.94. The van der Waals surface area contributed by atoms with Gasteiger partial charge in [0.15, 0.2) is 0 Å². The first-order chi connectivity index (χ1) is 21.5. The van der Waals surface area contributed by atoms with E-state index in [1.165, 1.54) is 17.0 Å². The Hall–Kier alpha value is -4.45. The highest BCUT2D eigenvalue weighted by molar-refractivity contribution is 9.10. The van der Waals surface area contributed by atoms with E-state index in [4.69, 9.17) is 5.10 Å². The molecule has 1 N–H and O–H groups in total. The molecule has 6 rings (SSSR count). The molecule has 2 aliphatic rings. The lowest BCUT2D eigenvalue weighted by molar-refractivity contribution is -0.138. The number of carbonyl (C=O) groups is 3. The van der Waals surface area contributed by atoms with Crippen LogP contribution in [0.4, 0.5) is 24.7 Å². The molecule has 3 heterocycles. The summed E-state index contributed by atoms with van der Waals surface area (Å²) in [5.41, 5.74) is 1.82. The number of rotatable bonds is 5. The fourth-order valence-corrected chi connectivity index (χ4v) is 6.72. The van der Waals surface area contributed by atoms with E-state index in [0.29, 0.717) is 23.5 Å². The average molecular weight is 681 g/mol. The summed E-state index contributed by atoms with van der Waals surface area (Å²) in [7, 11) is 1.54. The number of piperidine rings is 1. The fourth-order valence-electron chi connectivity index (χ4n) is 6.24. The molecule has 2 aliphatic heterocycles. The Kier molecular flexibility index (Phi) is 8.02. The number of benzene rings is 3. The lowest BCUT2D eigenvalue weighted by Gasteiger charge is -2.47. The van der Waals surface area contributed by atoms with E-state index in [1.807, 2.05) is 30.3 Å². The van der Waals surface area contributed by atoms with Gasteiger partial charge < -0.3 is 10.2 Å². The van der Waals surface area contributed by atoms with Crippen molar-refractivity contribution in [2.45, 2.75) is 38.0 Å². The number of carbonyl (C=O) groups excluding carboxylic acids is 3. The van der Waals surface area contributed by atoms with Gasteiger partial charge in [0, 0.05) is 47.2 Å². The number of nitrogens with one attached hydrogen (secondary N) is 1. The summed E-state index contributed by atoms with van der Waals surface area (Å²) in [4.78, 5) is 43.4. The van der Waals surface area contributed by atoms with Crippen LogP contribution >= 0.6 is 15.9 Å². The number of aromatic nitrogens is 2. The molecule has 1 fully saturated rings. The van der Waals surface area contributed by atoms with E-state index in [0.717, 1.165) is 17.2 Å². The minimum atomic E-state index is -4.63. The SMILES string of the molecule is CNC(=O)c1ccc(N2C(=O)C3C[C@@H](C)N(C(=O)c4ccc(Br)c(C(F)(F)F)c4)CC3n3ncc(Cc4ccccc4)c32)cc1. The van der Waals surface area contributed by atoms with Gasteiger partial charge in [0.25, 0.3) is 11.8 Å². The number of halogens is 4. The molecular formula is C33H29BrF3N5O3. The molecule has 8 nitrogen and oxygen atoms in total. The quantitative estimate of drug-likeness (QED) is 0.265. The number of anilines is 2. The van der Waals surface area contributed by atoms with Crippen LogP contribution in [-0.2, 0) is 17.4 Å². The molecular weight excluding hydrogens is 651 g/mol. The Morgan fingerprint density at radius 2 is 1.71 bits per heavy atom. The number of hydrogen-bond donors (Lipinski definition) is 1. The van der Waals surface area contributed by atoms with Crippen LogP contribution in [0.15, 0.2) is 83.5 Å². The van der Waals surface area contributed by atoms with E-state index in [2.05, 4.69) is 21.2 Å². The number of hydrogen-bond acceptors (Lipinski definition) is 4. The summed E-state index contributed by atoms with van der Waals surface area (Å²) in [6.45, 7) is 1.89. The summed E-state index contributed by atoms with van der Waals surface area (Å²) < 4.78 is 42.5. The van der Waals surface area contributed by atoms with Crippen molar-refractivity contribution in [3.8, 4) is 0 Å². The molecule has 1 saturated heterocycles. The third kappa shape index (κ3) is 5.63. The molecule has 3 atom stereocenters. The Balaban J connectivity index is 1.40. The largest absolute Gasteiger partial charge is 0.417 e. The van der Waals surface area contributed by atoms with E-state index < -0.39 is 35.6 Å². The molecule has 0 saturated carbocycles. The molecule has 0 aliphatic carbocycles. The van der Waals surface area contributed by atoms with Crippen molar-refractivity contribution in [3.05, 3.63) is 111 Å². The molecule has 0 bridgehead atoms. The van der Waals surface area contributed by atoms with Crippen molar-refractivity contribution in [2.24, 2.45) is 5.92 Å². The zero-order chi connectivity index (χ0) is 32.0. The predicted octanol–water partition coefficient (Wildman–Crippen LogP) is 6.39. The topological polar surface area (TPSA) is 87.5 Å². The zero-order valence-electron chi connectivity index (χ0n) is 24.4. The lowest BCUT2D eigenvalue weighted by atomic mass is 9.84. The van der Waals surface area contributed by atoms with Crippen molar-refractivity contribution in [2.75, 3.05) is 18.5 Å². The third-order valence-electron chi connectivity index (χ3n) is 8.51. The average Bonchev–Trinajstić information content (AvgIpc) is 3.43. The molecule has 45 heavy (non-hydrogen) atoms. The smallest absolute Gasteiger partial charge is 0.355 e. The van der Waals surface area contributed by atoms with E-state index in [-0.39, 0.29) is 34.8 Å². The number of fused-ring (bicyclic) bond motifs is 3. The molecule has 0 spiro atoms. The van der Waals surface area contributed by atoms with Gasteiger partial charge >= 0.3 is 6.18 Å². The van der Waals surface area contributed by atoms with Gasteiger partial charge in [0.05, 0.1) is 29.4 Å². The van der Waals surface area contributed by atoms with Crippen LogP contribution in [0.2, 0.25) is 0 Å². The molecule has 12 heteroatoms. The van der Waals surface area contributed by atoms with Crippen molar-refractivity contribution < 1.29 is 27.6 Å². The van der Waals surface area contributed by atoms with Gasteiger partial charge in [0.2, 0.25) is 5.91 Å². The number of alkyl halides is 3. The molecule has 3 aromatic carbocycles. The Bertz CT molecular complexity index is 1770. The minimum absolute atomic E-state index is 0.0822. The van der Waals surface area contributed by atoms with Gasteiger partial charge in [0.1, 0.15) is 5.82 Å². The molecule has 0 radical (unpaired) electrons. The van der Waals surface area contributed by atoms with Crippen LogP contribution in [0.3, 0.4) is 0 Å². The first kappa shape index (κ1) is 30.6. The minimum Gasteiger partial charge on any atom is -0.355 e. The second-order valence-electron chi connectivity index (χ2n) is 11.3. The van der Waals surface area contributed by atoms with Crippen molar-refractivity contribution in [3.63, 3.8) is 0 Å². The highest BCUT2D eigenvalue weighted by atomic mass is 79.9. The van der Waals surface area contributed by atoms with Gasteiger partial charge in [-0.1, -0.05) is 46.3 Å². The summed E-state index contributed by atoms with van der Waals surface area (Å²) in [6.07, 6.45) is -2.13. The number of nitrogens with zero attached hydrogens (tertiary/aromatic N) is 4. The number of amides is 3. The number of likely N-dealkylation sites (tertiary alicyclic amines) is 1. The second-order valence-corrected chi connectivity index (χ2v) is 12.2. The molecule has 2 unspecified atom stereocenters. The van der Waals surface area contributed by atoms with Gasteiger partial charge in [-0.25, -0.2) is 4.68 Å². The zero-order valence-corrected chi connectivity index (χ0v) is 26.0. The predicted molar refractivity (Wildman–Crippen MR) is 165 cm³/mol. The van der Waals surface area contributed by atoms with Crippen molar-refractivity contribution >= 4 is 45.2 Å². The maximum Gasteiger partial charge on any atom is 0.417 e. The standard InChI is InChI=1S/C33H29BrF3N5O3/c1-19-14-25-28(18-40(19)31(44)22-10-13-27(34)26(16-22)33(35,36)37)42-30(23(17-39-42)15-20-6-4-3-5-7-20)41(32(25)45)24-11-8-21(9-12-24)29(43)38-2/h3-13,16-17,19,25,28H,14-15,18H2,1-2H3,(H,38,43)/t19-,25?,28?/m1/s1. The van der Waals surface area contributed by atoms with Crippen LogP contribution in [0, 0.1) is 5.92 Å². The van der Waals surface area contributed by atoms with Gasteiger partial charge in [-0.15, -0.1) is 0 Å². The van der Waals surface area contributed by atoms with Gasteiger partial charge in [-0.2, -0.15) is 18.3 Å². The van der Waals surface area contributed by atoms with Crippen LogP contribution in [-0.4, -0.2) is 52.0 Å². The molecule has 4 aromatic rings. The van der Waals surface area contributed by atoms with Crippen LogP contribution < -0.4 is 10.2 Å². The molecule has 3 amide bonds. The van der Waals surface area contributed by atoms with E-state index in [9.17, 15) is 27.6 Å². The first-order valence-electron chi connectivity index (χ1n) is 14.4.